The average molecular weight is 453 g/mol. The molecule has 1 aromatic carbocycles. The molecule has 2 heterocycles. The molecule has 1 N–H and O–H groups in total. The SMILES string of the molecule is Cc1cc(N(C)S(=O)(=O)c2ccc(Cl)nc2)ccc1CN1CCN(C(=O)O)[C@@H](C)C1. The van der Waals surface area contributed by atoms with Gasteiger partial charge in [-0.3, -0.25) is 9.21 Å². The number of anilines is 1. The van der Waals surface area contributed by atoms with Crippen molar-refractivity contribution in [1.82, 2.24) is 14.8 Å². The molecule has 1 atom stereocenters. The molecule has 2 aromatic rings. The predicted molar refractivity (Wildman–Crippen MR) is 115 cm³/mol. The minimum atomic E-state index is -3.75. The van der Waals surface area contributed by atoms with E-state index in [1.165, 1.54) is 34.6 Å². The van der Waals surface area contributed by atoms with Crippen molar-refractivity contribution < 1.29 is 18.3 Å². The van der Waals surface area contributed by atoms with Gasteiger partial charge in [-0.2, -0.15) is 0 Å². The van der Waals surface area contributed by atoms with Gasteiger partial charge in [0.1, 0.15) is 10.0 Å². The van der Waals surface area contributed by atoms with E-state index < -0.39 is 16.1 Å². The van der Waals surface area contributed by atoms with Crippen molar-refractivity contribution in [2.24, 2.45) is 0 Å². The number of aromatic nitrogens is 1. The summed E-state index contributed by atoms with van der Waals surface area (Å²) in [5.74, 6) is 0. The fraction of sp³-hybridized carbons (Fsp3) is 0.400. The van der Waals surface area contributed by atoms with E-state index in [0.29, 0.717) is 31.9 Å². The molecule has 1 fully saturated rings. The Morgan fingerprint density at radius 2 is 2.03 bits per heavy atom. The Morgan fingerprint density at radius 1 is 1.30 bits per heavy atom. The number of carbonyl (C=O) groups is 1. The molecule has 1 aliphatic rings. The minimum absolute atomic E-state index is 0.0694. The maximum absolute atomic E-state index is 12.9. The lowest BCUT2D eigenvalue weighted by Gasteiger charge is -2.38. The first-order chi connectivity index (χ1) is 14.1. The van der Waals surface area contributed by atoms with Crippen LogP contribution in [0.4, 0.5) is 10.5 Å². The van der Waals surface area contributed by atoms with Gasteiger partial charge in [0.25, 0.3) is 10.0 Å². The van der Waals surface area contributed by atoms with Crippen molar-refractivity contribution in [2.75, 3.05) is 31.0 Å². The number of nitrogens with zero attached hydrogens (tertiary/aromatic N) is 4. The largest absolute Gasteiger partial charge is 0.465 e. The van der Waals surface area contributed by atoms with E-state index in [1.807, 2.05) is 26.0 Å². The number of aryl methyl sites for hydroxylation is 1. The van der Waals surface area contributed by atoms with Gasteiger partial charge in [-0.1, -0.05) is 17.7 Å². The molecule has 8 nitrogen and oxygen atoms in total. The summed E-state index contributed by atoms with van der Waals surface area (Å²) in [7, 11) is -2.24. The molecule has 30 heavy (non-hydrogen) atoms. The third-order valence-electron chi connectivity index (χ3n) is 5.40. The quantitative estimate of drug-likeness (QED) is 0.700. The Bertz CT molecular complexity index is 1030. The Kier molecular flexibility index (Phi) is 6.54. The van der Waals surface area contributed by atoms with Crippen LogP contribution in [0.2, 0.25) is 5.15 Å². The third-order valence-corrected chi connectivity index (χ3v) is 7.39. The number of piperazine rings is 1. The molecular formula is C20H25ClN4O4S. The predicted octanol–water partition coefficient (Wildman–Crippen LogP) is 3.05. The molecule has 3 rings (SSSR count). The lowest BCUT2D eigenvalue weighted by molar-refractivity contribution is 0.0710. The van der Waals surface area contributed by atoms with Gasteiger partial charge in [0, 0.05) is 45.5 Å². The highest BCUT2D eigenvalue weighted by molar-refractivity contribution is 7.92. The van der Waals surface area contributed by atoms with Crippen LogP contribution in [0.1, 0.15) is 18.1 Å². The molecule has 0 spiro atoms. The summed E-state index contributed by atoms with van der Waals surface area (Å²) in [6.45, 7) is 6.33. The zero-order valence-electron chi connectivity index (χ0n) is 17.1. The van der Waals surface area contributed by atoms with Crippen LogP contribution in [0.5, 0.6) is 0 Å². The second-order valence-corrected chi connectivity index (χ2v) is 9.82. The van der Waals surface area contributed by atoms with Crippen molar-refractivity contribution in [3.8, 4) is 0 Å². The van der Waals surface area contributed by atoms with Crippen molar-refractivity contribution >= 4 is 33.4 Å². The van der Waals surface area contributed by atoms with Gasteiger partial charge in [0.15, 0.2) is 0 Å². The third kappa shape index (κ3) is 4.69. The summed E-state index contributed by atoms with van der Waals surface area (Å²) in [6, 6.07) is 8.35. The van der Waals surface area contributed by atoms with Crippen LogP contribution in [0, 0.1) is 6.92 Å². The summed E-state index contributed by atoms with van der Waals surface area (Å²) in [6.07, 6.45) is 0.357. The summed E-state index contributed by atoms with van der Waals surface area (Å²) in [5.41, 5.74) is 2.60. The van der Waals surface area contributed by atoms with Gasteiger partial charge < -0.3 is 10.0 Å². The van der Waals surface area contributed by atoms with Gasteiger partial charge in [-0.15, -0.1) is 0 Å². The van der Waals surface area contributed by atoms with Crippen LogP contribution in [-0.4, -0.2) is 67.1 Å². The van der Waals surface area contributed by atoms with Crippen molar-refractivity contribution in [3.63, 3.8) is 0 Å². The van der Waals surface area contributed by atoms with Crippen molar-refractivity contribution in [1.29, 1.82) is 0 Å². The number of sulfonamides is 1. The van der Waals surface area contributed by atoms with Crippen LogP contribution in [0.15, 0.2) is 41.4 Å². The van der Waals surface area contributed by atoms with Crippen molar-refractivity contribution in [2.45, 2.75) is 31.3 Å². The van der Waals surface area contributed by atoms with Crippen LogP contribution >= 0.6 is 11.6 Å². The summed E-state index contributed by atoms with van der Waals surface area (Å²) in [4.78, 5) is 18.8. The van der Waals surface area contributed by atoms with E-state index in [4.69, 9.17) is 11.6 Å². The van der Waals surface area contributed by atoms with Crippen LogP contribution in [0.25, 0.3) is 0 Å². The first kappa shape index (κ1) is 22.3. The fourth-order valence-electron chi connectivity index (χ4n) is 3.57. The Morgan fingerprint density at radius 3 is 2.60 bits per heavy atom. The number of pyridine rings is 1. The number of rotatable bonds is 5. The van der Waals surface area contributed by atoms with E-state index in [-0.39, 0.29) is 16.1 Å². The molecule has 0 bridgehead atoms. The Labute approximate surface area is 181 Å². The molecule has 0 saturated carbocycles. The van der Waals surface area contributed by atoms with E-state index in [9.17, 15) is 18.3 Å². The van der Waals surface area contributed by atoms with Gasteiger partial charge in [-0.05, 0) is 49.2 Å². The highest BCUT2D eigenvalue weighted by Gasteiger charge is 2.27. The van der Waals surface area contributed by atoms with Crippen LogP contribution in [0.3, 0.4) is 0 Å². The maximum Gasteiger partial charge on any atom is 0.407 e. The van der Waals surface area contributed by atoms with Gasteiger partial charge in [0.05, 0.1) is 5.69 Å². The highest BCUT2D eigenvalue weighted by Crippen LogP contribution is 2.25. The fourth-order valence-corrected chi connectivity index (χ4v) is 4.81. The number of carboxylic acid groups (broad SMARTS) is 1. The van der Waals surface area contributed by atoms with Crippen LogP contribution < -0.4 is 4.31 Å². The monoisotopic (exact) mass is 452 g/mol. The first-order valence-electron chi connectivity index (χ1n) is 9.51. The topological polar surface area (TPSA) is 94.1 Å². The highest BCUT2D eigenvalue weighted by atomic mass is 35.5. The number of hydrogen-bond acceptors (Lipinski definition) is 5. The molecular weight excluding hydrogens is 428 g/mol. The standard InChI is InChI=1S/C20H25ClN4O4S/c1-14-10-17(23(3)30(28,29)18-6-7-19(21)22-11-18)5-4-16(14)13-24-8-9-25(20(26)27)15(2)12-24/h4-7,10-11,15H,8-9,12-13H2,1-3H3,(H,26,27)/t15-/m0/s1. The zero-order valence-corrected chi connectivity index (χ0v) is 18.7. The Hall–Kier alpha value is -2.36. The smallest absolute Gasteiger partial charge is 0.407 e. The molecule has 1 aromatic heterocycles. The molecule has 162 valence electrons. The molecule has 0 unspecified atom stereocenters. The van der Waals surface area contributed by atoms with E-state index in [1.54, 1.807) is 6.07 Å². The lowest BCUT2D eigenvalue weighted by Crippen LogP contribution is -2.53. The number of benzene rings is 1. The van der Waals surface area contributed by atoms with Gasteiger partial charge >= 0.3 is 6.09 Å². The van der Waals surface area contributed by atoms with E-state index in [2.05, 4.69) is 9.88 Å². The molecule has 1 aliphatic heterocycles. The van der Waals surface area contributed by atoms with Crippen molar-refractivity contribution in [3.05, 3.63) is 52.8 Å². The van der Waals surface area contributed by atoms with Gasteiger partial charge in [0.2, 0.25) is 0 Å². The second kappa shape index (κ2) is 8.79. The number of amides is 1. The molecule has 0 aliphatic carbocycles. The lowest BCUT2D eigenvalue weighted by atomic mass is 10.1. The summed E-state index contributed by atoms with van der Waals surface area (Å²) in [5, 5.41) is 9.45. The zero-order chi connectivity index (χ0) is 22.1. The summed E-state index contributed by atoms with van der Waals surface area (Å²) < 4.78 is 26.9. The number of hydrogen-bond donors (Lipinski definition) is 1. The minimum Gasteiger partial charge on any atom is -0.465 e. The normalized spacial score (nSPS) is 17.7. The summed E-state index contributed by atoms with van der Waals surface area (Å²) >= 11 is 5.75. The molecule has 1 saturated heterocycles. The molecule has 10 heteroatoms. The Balaban J connectivity index is 1.74. The first-order valence-corrected chi connectivity index (χ1v) is 11.3. The second-order valence-electron chi connectivity index (χ2n) is 7.46. The average Bonchev–Trinajstić information content (AvgIpc) is 2.69. The van der Waals surface area contributed by atoms with E-state index >= 15 is 0 Å². The number of halogens is 1. The van der Waals surface area contributed by atoms with E-state index in [0.717, 1.165) is 11.1 Å². The van der Waals surface area contributed by atoms with Gasteiger partial charge in [-0.25, -0.2) is 18.2 Å². The van der Waals surface area contributed by atoms with Crippen LogP contribution in [-0.2, 0) is 16.6 Å². The maximum atomic E-state index is 12.9. The molecule has 1 amide bonds. The molecule has 0 radical (unpaired) electrons.